The average molecular weight is 344 g/mol. The molecule has 1 N–H and O–H groups in total. The summed E-state index contributed by atoms with van der Waals surface area (Å²) in [5.74, 6) is 2.83. The lowest BCUT2D eigenvalue weighted by molar-refractivity contribution is -0.132. The van der Waals surface area contributed by atoms with Crippen molar-refractivity contribution in [3.8, 4) is 0 Å². The number of hydrogen-bond donors (Lipinski definition) is 1. The van der Waals surface area contributed by atoms with Crippen molar-refractivity contribution >= 4 is 17.7 Å². The van der Waals surface area contributed by atoms with Gasteiger partial charge in [0.2, 0.25) is 11.1 Å². The molecule has 6 heteroatoms. The van der Waals surface area contributed by atoms with E-state index in [-0.39, 0.29) is 5.91 Å². The van der Waals surface area contributed by atoms with E-state index in [0.29, 0.717) is 18.3 Å². The van der Waals surface area contributed by atoms with Gasteiger partial charge in [-0.15, -0.1) is 5.10 Å². The van der Waals surface area contributed by atoms with Crippen LogP contribution in [0, 0.1) is 12.8 Å². The zero-order chi connectivity index (χ0) is 16.9. The van der Waals surface area contributed by atoms with Gasteiger partial charge < -0.3 is 4.90 Å². The fourth-order valence-corrected chi connectivity index (χ4v) is 4.11. The predicted octanol–water partition coefficient (Wildman–Crippen LogP) is 3.25. The van der Waals surface area contributed by atoms with E-state index in [1.165, 1.54) is 17.3 Å². The summed E-state index contributed by atoms with van der Waals surface area (Å²) in [5.41, 5.74) is 1.40. The fourth-order valence-electron chi connectivity index (χ4n) is 3.34. The van der Waals surface area contributed by atoms with Crippen molar-refractivity contribution in [2.24, 2.45) is 5.92 Å². The van der Waals surface area contributed by atoms with E-state index >= 15 is 0 Å². The number of aromatic nitrogens is 3. The number of hydrogen-bond acceptors (Lipinski definition) is 4. The SMILES string of the molecule is Cc1nc(SCCC(=O)N2CCC(c3ccccc3)C(C)C2)n[nH]1. The van der Waals surface area contributed by atoms with Crippen LogP contribution in [-0.2, 0) is 4.79 Å². The number of benzene rings is 1. The van der Waals surface area contributed by atoms with Crippen LogP contribution in [0.25, 0.3) is 0 Å². The molecule has 2 heterocycles. The highest BCUT2D eigenvalue weighted by Gasteiger charge is 2.29. The Morgan fingerprint density at radius 3 is 2.83 bits per heavy atom. The van der Waals surface area contributed by atoms with Gasteiger partial charge in [0, 0.05) is 25.3 Å². The largest absolute Gasteiger partial charge is 0.342 e. The van der Waals surface area contributed by atoms with E-state index in [2.05, 4.69) is 52.4 Å². The first-order chi connectivity index (χ1) is 11.6. The van der Waals surface area contributed by atoms with Gasteiger partial charge in [0.25, 0.3) is 0 Å². The zero-order valence-corrected chi connectivity index (χ0v) is 15.1. The topological polar surface area (TPSA) is 61.9 Å². The minimum Gasteiger partial charge on any atom is -0.342 e. The summed E-state index contributed by atoms with van der Waals surface area (Å²) < 4.78 is 0. The number of carbonyl (C=O) groups excluding carboxylic acids is 1. The molecule has 3 rings (SSSR count). The highest BCUT2D eigenvalue weighted by atomic mass is 32.2. The summed E-state index contributed by atoms with van der Waals surface area (Å²) in [6, 6.07) is 10.7. The molecular formula is C18H24N4OS. The van der Waals surface area contributed by atoms with E-state index < -0.39 is 0 Å². The standard InChI is InChI=1S/C18H24N4OS/c1-13-12-22(10-8-16(13)15-6-4-3-5-7-15)17(23)9-11-24-18-19-14(2)20-21-18/h3-7,13,16H,8-12H2,1-2H3,(H,19,20,21). The Morgan fingerprint density at radius 2 is 2.17 bits per heavy atom. The maximum Gasteiger partial charge on any atom is 0.223 e. The predicted molar refractivity (Wildman–Crippen MR) is 96.0 cm³/mol. The lowest BCUT2D eigenvalue weighted by Crippen LogP contribution is -2.42. The van der Waals surface area contributed by atoms with E-state index in [9.17, 15) is 4.79 Å². The monoisotopic (exact) mass is 344 g/mol. The molecule has 5 nitrogen and oxygen atoms in total. The molecule has 0 spiro atoms. The molecule has 1 saturated heterocycles. The smallest absolute Gasteiger partial charge is 0.223 e. The van der Waals surface area contributed by atoms with Crippen molar-refractivity contribution in [2.45, 2.75) is 37.8 Å². The minimum absolute atomic E-state index is 0.244. The second-order valence-electron chi connectivity index (χ2n) is 6.42. The summed E-state index contributed by atoms with van der Waals surface area (Å²) in [7, 11) is 0. The molecule has 1 aliphatic heterocycles. The van der Waals surface area contributed by atoms with E-state index in [4.69, 9.17) is 0 Å². The van der Waals surface area contributed by atoms with Crippen LogP contribution >= 0.6 is 11.8 Å². The first-order valence-electron chi connectivity index (χ1n) is 8.48. The lowest BCUT2D eigenvalue weighted by Gasteiger charge is -2.37. The van der Waals surface area contributed by atoms with E-state index in [0.717, 1.165) is 36.2 Å². The number of H-pyrrole nitrogens is 1. The Hall–Kier alpha value is -1.82. The highest BCUT2D eigenvalue weighted by Crippen LogP contribution is 2.32. The van der Waals surface area contributed by atoms with Crippen LogP contribution in [0.5, 0.6) is 0 Å². The molecule has 1 aromatic heterocycles. The Bertz CT molecular complexity index is 673. The molecule has 2 aromatic rings. The Kier molecular flexibility index (Phi) is 5.56. The maximum atomic E-state index is 12.4. The molecule has 2 unspecified atom stereocenters. The number of thioether (sulfide) groups is 1. The number of nitrogens with zero attached hydrogens (tertiary/aromatic N) is 3. The molecule has 0 bridgehead atoms. The number of aromatic amines is 1. The number of rotatable bonds is 5. The van der Waals surface area contributed by atoms with Gasteiger partial charge in [-0.3, -0.25) is 9.89 Å². The molecule has 0 radical (unpaired) electrons. The van der Waals surface area contributed by atoms with Crippen molar-refractivity contribution in [3.63, 3.8) is 0 Å². The number of carbonyl (C=O) groups is 1. The molecule has 1 fully saturated rings. The van der Waals surface area contributed by atoms with Crippen molar-refractivity contribution in [1.29, 1.82) is 0 Å². The average Bonchev–Trinajstić information content (AvgIpc) is 3.00. The van der Waals surface area contributed by atoms with Gasteiger partial charge in [0.15, 0.2) is 0 Å². The van der Waals surface area contributed by atoms with Crippen LogP contribution in [0.15, 0.2) is 35.5 Å². The summed E-state index contributed by atoms with van der Waals surface area (Å²) in [6.45, 7) is 5.83. The first-order valence-corrected chi connectivity index (χ1v) is 9.46. The van der Waals surface area contributed by atoms with Crippen LogP contribution < -0.4 is 0 Å². The molecule has 1 aliphatic rings. The minimum atomic E-state index is 0.244. The summed E-state index contributed by atoms with van der Waals surface area (Å²) in [4.78, 5) is 18.7. The first kappa shape index (κ1) is 17.0. The molecule has 1 amide bonds. The van der Waals surface area contributed by atoms with E-state index in [1.807, 2.05) is 11.8 Å². The fraction of sp³-hybridized carbons (Fsp3) is 0.500. The quantitative estimate of drug-likeness (QED) is 0.846. The van der Waals surface area contributed by atoms with Crippen LogP contribution in [0.2, 0.25) is 0 Å². The van der Waals surface area contributed by atoms with E-state index in [1.54, 1.807) is 0 Å². The normalized spacial score (nSPS) is 21.0. The lowest BCUT2D eigenvalue weighted by atomic mass is 9.81. The molecule has 2 atom stereocenters. The Balaban J connectivity index is 1.47. The molecule has 0 aliphatic carbocycles. The van der Waals surface area contributed by atoms with Gasteiger partial charge in [0.1, 0.15) is 5.82 Å². The van der Waals surface area contributed by atoms with Crippen molar-refractivity contribution in [2.75, 3.05) is 18.8 Å². The summed E-state index contributed by atoms with van der Waals surface area (Å²) in [5, 5.41) is 7.62. The number of likely N-dealkylation sites (tertiary alicyclic amines) is 1. The van der Waals surface area contributed by atoms with Crippen LogP contribution in [-0.4, -0.2) is 44.8 Å². The number of piperidine rings is 1. The Labute approximate surface area is 147 Å². The van der Waals surface area contributed by atoms with Gasteiger partial charge >= 0.3 is 0 Å². The third-order valence-corrected chi connectivity index (χ3v) is 5.46. The van der Waals surface area contributed by atoms with Crippen LogP contribution in [0.3, 0.4) is 0 Å². The third-order valence-electron chi connectivity index (χ3n) is 4.61. The van der Waals surface area contributed by atoms with Gasteiger partial charge in [0.05, 0.1) is 0 Å². The van der Waals surface area contributed by atoms with Gasteiger partial charge in [-0.1, -0.05) is 49.0 Å². The highest BCUT2D eigenvalue weighted by molar-refractivity contribution is 7.99. The summed E-state index contributed by atoms with van der Waals surface area (Å²) >= 11 is 1.53. The number of nitrogens with one attached hydrogen (secondary N) is 1. The molecule has 1 aromatic carbocycles. The van der Waals surface area contributed by atoms with Crippen LogP contribution in [0.1, 0.15) is 37.1 Å². The van der Waals surface area contributed by atoms with Crippen LogP contribution in [0.4, 0.5) is 0 Å². The van der Waals surface area contributed by atoms with Gasteiger partial charge in [-0.25, -0.2) is 4.98 Å². The van der Waals surface area contributed by atoms with Crippen molar-refractivity contribution in [1.82, 2.24) is 20.1 Å². The number of aryl methyl sites for hydroxylation is 1. The molecular weight excluding hydrogens is 320 g/mol. The maximum absolute atomic E-state index is 12.4. The molecule has 0 saturated carbocycles. The Morgan fingerprint density at radius 1 is 1.38 bits per heavy atom. The molecule has 128 valence electrons. The second kappa shape index (κ2) is 7.83. The van der Waals surface area contributed by atoms with Crippen molar-refractivity contribution < 1.29 is 4.79 Å². The van der Waals surface area contributed by atoms with Gasteiger partial charge in [-0.2, -0.15) is 0 Å². The number of amides is 1. The van der Waals surface area contributed by atoms with Crippen molar-refractivity contribution in [3.05, 3.63) is 41.7 Å². The zero-order valence-electron chi connectivity index (χ0n) is 14.2. The van der Waals surface area contributed by atoms with Gasteiger partial charge in [-0.05, 0) is 30.7 Å². The summed E-state index contributed by atoms with van der Waals surface area (Å²) in [6.07, 6.45) is 1.59. The molecule has 24 heavy (non-hydrogen) atoms. The third kappa shape index (κ3) is 4.17. The second-order valence-corrected chi connectivity index (χ2v) is 7.49.